The van der Waals surface area contributed by atoms with Crippen LogP contribution >= 0.6 is 0 Å². The van der Waals surface area contributed by atoms with Gasteiger partial charge in [0, 0.05) is 16.8 Å². The predicted molar refractivity (Wildman–Crippen MR) is 106 cm³/mol. The molecule has 0 spiro atoms. The quantitative estimate of drug-likeness (QED) is 0.584. The Hall–Kier alpha value is -3.09. The van der Waals surface area contributed by atoms with Crippen molar-refractivity contribution < 1.29 is 18.3 Å². The fraction of sp³-hybridized carbons (Fsp3) is 0.318. The summed E-state index contributed by atoms with van der Waals surface area (Å²) in [7, 11) is 1.54. The minimum atomic E-state index is -0.641. The van der Waals surface area contributed by atoms with Crippen molar-refractivity contribution in [3.8, 4) is 22.8 Å². The van der Waals surface area contributed by atoms with Crippen molar-refractivity contribution in [3.05, 3.63) is 65.9 Å². The van der Waals surface area contributed by atoms with Gasteiger partial charge in [0.25, 0.3) is 5.88 Å². The van der Waals surface area contributed by atoms with Gasteiger partial charge < -0.3 is 9.47 Å². The summed E-state index contributed by atoms with van der Waals surface area (Å²) in [6.07, 6.45) is 2.87. The number of methoxy groups -OCH3 is 1. The normalized spacial score (nSPS) is 11.4. The number of rotatable bonds is 6. The zero-order valence-electron chi connectivity index (χ0n) is 16.9. The van der Waals surface area contributed by atoms with E-state index in [1.54, 1.807) is 24.3 Å². The molecule has 1 aromatic carbocycles. The number of benzene rings is 1. The Labute approximate surface area is 168 Å². The van der Waals surface area contributed by atoms with Gasteiger partial charge in [-0.15, -0.1) is 0 Å². The summed E-state index contributed by atoms with van der Waals surface area (Å²) in [6.45, 7) is 6.28. The predicted octanol–water partition coefficient (Wildman–Crippen LogP) is 4.99. The Morgan fingerprint density at radius 2 is 1.79 bits per heavy atom. The number of halogens is 2. The van der Waals surface area contributed by atoms with Gasteiger partial charge in [-0.3, -0.25) is 4.98 Å². The fourth-order valence-corrected chi connectivity index (χ4v) is 2.90. The first-order valence-corrected chi connectivity index (χ1v) is 9.18. The van der Waals surface area contributed by atoms with E-state index in [9.17, 15) is 8.78 Å². The Balaban J connectivity index is 1.96. The lowest BCUT2D eigenvalue weighted by molar-refractivity contribution is 0.271. The minimum Gasteiger partial charge on any atom is -0.497 e. The first kappa shape index (κ1) is 20.6. The monoisotopic (exact) mass is 399 g/mol. The molecule has 0 aliphatic carbocycles. The standard InChI is InChI=1S/C22H23F2N3O2/c1-22(2,3)10-20-16(17-9-15(28-4)6-8-18(17)23)7-5-14(27-20)12-29-21-19(24)11-25-13-26-21/h5-9,11,13H,10,12H2,1-4H3. The number of ether oxygens (including phenoxy) is 2. The Morgan fingerprint density at radius 3 is 2.48 bits per heavy atom. The molecule has 0 aliphatic heterocycles. The molecule has 0 unspecified atom stereocenters. The highest BCUT2D eigenvalue weighted by Gasteiger charge is 2.19. The van der Waals surface area contributed by atoms with Gasteiger partial charge in [-0.1, -0.05) is 26.8 Å². The van der Waals surface area contributed by atoms with Crippen molar-refractivity contribution in [2.24, 2.45) is 5.41 Å². The van der Waals surface area contributed by atoms with Crippen LogP contribution in [0.1, 0.15) is 32.2 Å². The zero-order chi connectivity index (χ0) is 21.0. The topological polar surface area (TPSA) is 57.1 Å². The summed E-state index contributed by atoms with van der Waals surface area (Å²) in [4.78, 5) is 12.0. The van der Waals surface area contributed by atoms with Gasteiger partial charge in [0.1, 0.15) is 24.5 Å². The maximum Gasteiger partial charge on any atom is 0.253 e. The molecular formula is C22H23F2N3O2. The third kappa shape index (κ3) is 5.25. The van der Waals surface area contributed by atoms with Crippen molar-refractivity contribution in [1.29, 1.82) is 0 Å². The van der Waals surface area contributed by atoms with E-state index in [1.165, 1.54) is 19.5 Å². The lowest BCUT2D eigenvalue weighted by Gasteiger charge is -2.21. The van der Waals surface area contributed by atoms with E-state index in [0.717, 1.165) is 11.9 Å². The minimum absolute atomic E-state index is 0.0337. The average molecular weight is 399 g/mol. The van der Waals surface area contributed by atoms with Crippen LogP contribution < -0.4 is 9.47 Å². The molecule has 29 heavy (non-hydrogen) atoms. The summed E-state index contributed by atoms with van der Waals surface area (Å²) in [5.74, 6) is -0.566. The molecule has 3 aromatic rings. The first-order chi connectivity index (χ1) is 13.8. The molecule has 3 rings (SSSR count). The number of nitrogens with zero attached hydrogens (tertiary/aromatic N) is 3. The fourth-order valence-electron chi connectivity index (χ4n) is 2.90. The molecule has 0 saturated carbocycles. The molecule has 0 amide bonds. The van der Waals surface area contributed by atoms with Crippen LogP contribution in [0, 0.1) is 17.0 Å². The first-order valence-electron chi connectivity index (χ1n) is 9.18. The zero-order valence-corrected chi connectivity index (χ0v) is 16.9. The van der Waals surface area contributed by atoms with E-state index in [1.807, 2.05) is 0 Å². The number of pyridine rings is 1. The molecule has 7 heteroatoms. The molecular weight excluding hydrogens is 376 g/mol. The molecule has 2 aromatic heterocycles. The maximum absolute atomic E-state index is 14.6. The summed E-state index contributed by atoms with van der Waals surface area (Å²) in [5, 5.41) is 0. The molecule has 0 saturated heterocycles. The molecule has 0 fully saturated rings. The average Bonchev–Trinajstić information content (AvgIpc) is 2.67. The van der Waals surface area contributed by atoms with E-state index in [4.69, 9.17) is 9.47 Å². The van der Waals surface area contributed by atoms with E-state index in [2.05, 4.69) is 35.7 Å². The van der Waals surface area contributed by atoms with Crippen molar-refractivity contribution in [1.82, 2.24) is 15.0 Å². The van der Waals surface area contributed by atoms with Gasteiger partial charge in [-0.25, -0.2) is 9.37 Å². The van der Waals surface area contributed by atoms with Crippen LogP contribution in [-0.4, -0.2) is 22.1 Å². The Kier molecular flexibility index (Phi) is 6.06. The van der Waals surface area contributed by atoms with Crippen LogP contribution in [0.15, 0.2) is 42.9 Å². The second-order valence-electron chi connectivity index (χ2n) is 7.84. The third-order valence-corrected chi connectivity index (χ3v) is 4.18. The van der Waals surface area contributed by atoms with Crippen LogP contribution in [0.3, 0.4) is 0 Å². The number of hydrogen-bond acceptors (Lipinski definition) is 5. The molecule has 5 nitrogen and oxygen atoms in total. The van der Waals surface area contributed by atoms with Crippen molar-refractivity contribution >= 4 is 0 Å². The Bertz CT molecular complexity index is 1000. The van der Waals surface area contributed by atoms with Crippen molar-refractivity contribution in [2.45, 2.75) is 33.8 Å². The van der Waals surface area contributed by atoms with Gasteiger partial charge in [0.2, 0.25) is 5.82 Å². The van der Waals surface area contributed by atoms with E-state index in [-0.39, 0.29) is 23.7 Å². The third-order valence-electron chi connectivity index (χ3n) is 4.18. The second-order valence-corrected chi connectivity index (χ2v) is 7.84. The van der Waals surface area contributed by atoms with Gasteiger partial charge in [0.05, 0.1) is 19.0 Å². The molecule has 0 radical (unpaired) electrons. The SMILES string of the molecule is COc1ccc(F)c(-c2ccc(COc3ncncc3F)nc2CC(C)(C)C)c1. The highest BCUT2D eigenvalue weighted by atomic mass is 19.1. The van der Waals surface area contributed by atoms with Gasteiger partial charge in [0.15, 0.2) is 0 Å². The molecule has 2 heterocycles. The molecule has 0 atom stereocenters. The summed E-state index contributed by atoms with van der Waals surface area (Å²) < 4.78 is 38.9. The maximum atomic E-state index is 14.6. The van der Waals surface area contributed by atoms with Crippen molar-refractivity contribution in [3.63, 3.8) is 0 Å². The van der Waals surface area contributed by atoms with Crippen LogP contribution in [0.4, 0.5) is 8.78 Å². The highest BCUT2D eigenvalue weighted by Crippen LogP contribution is 2.32. The van der Waals surface area contributed by atoms with E-state index >= 15 is 0 Å². The van der Waals surface area contributed by atoms with Gasteiger partial charge in [-0.2, -0.15) is 9.37 Å². The van der Waals surface area contributed by atoms with Gasteiger partial charge in [-0.05, 0) is 36.1 Å². The second kappa shape index (κ2) is 8.51. The largest absolute Gasteiger partial charge is 0.497 e. The molecule has 0 N–H and O–H groups in total. The molecule has 0 bridgehead atoms. The van der Waals surface area contributed by atoms with Crippen LogP contribution in [0.5, 0.6) is 11.6 Å². The smallest absolute Gasteiger partial charge is 0.253 e. The van der Waals surface area contributed by atoms with Gasteiger partial charge >= 0.3 is 0 Å². The Morgan fingerprint density at radius 1 is 1.00 bits per heavy atom. The van der Waals surface area contributed by atoms with Crippen molar-refractivity contribution in [2.75, 3.05) is 7.11 Å². The van der Waals surface area contributed by atoms with Crippen LogP contribution in [0.2, 0.25) is 0 Å². The van der Waals surface area contributed by atoms with E-state index in [0.29, 0.717) is 29.0 Å². The number of aromatic nitrogens is 3. The van der Waals surface area contributed by atoms with Crippen LogP contribution in [-0.2, 0) is 13.0 Å². The molecule has 0 aliphatic rings. The lowest BCUT2D eigenvalue weighted by Crippen LogP contribution is -2.13. The number of hydrogen-bond donors (Lipinski definition) is 0. The lowest BCUT2D eigenvalue weighted by atomic mass is 9.87. The summed E-state index contributed by atoms with van der Waals surface area (Å²) in [5.41, 5.74) is 2.36. The highest BCUT2D eigenvalue weighted by molar-refractivity contribution is 5.68. The van der Waals surface area contributed by atoms with Crippen LogP contribution in [0.25, 0.3) is 11.1 Å². The molecule has 152 valence electrons. The summed E-state index contributed by atoms with van der Waals surface area (Å²) >= 11 is 0. The summed E-state index contributed by atoms with van der Waals surface area (Å²) in [6, 6.07) is 8.16. The van der Waals surface area contributed by atoms with E-state index < -0.39 is 5.82 Å².